The lowest BCUT2D eigenvalue weighted by molar-refractivity contribution is -0.140. The number of hydrogen-bond acceptors (Lipinski definition) is 3. The second-order valence-electron chi connectivity index (χ2n) is 4.55. The topological polar surface area (TPSA) is 49.9 Å². The number of hydrogen-bond donors (Lipinski definition) is 0. The monoisotopic (exact) mass is 342 g/mol. The van der Waals surface area contributed by atoms with E-state index < -0.39 is 0 Å². The van der Waals surface area contributed by atoms with E-state index in [4.69, 9.17) is 0 Å². The van der Waals surface area contributed by atoms with Gasteiger partial charge in [0.1, 0.15) is 0 Å². The van der Waals surface area contributed by atoms with Gasteiger partial charge in [-0.15, -0.1) is 0 Å². The summed E-state index contributed by atoms with van der Waals surface area (Å²) in [6, 6.07) is 7.61. The predicted octanol–water partition coefficient (Wildman–Crippen LogP) is 2.50. The highest BCUT2D eigenvalue weighted by Crippen LogP contribution is 2.14. The Labute approximate surface area is 127 Å². The zero-order chi connectivity index (χ0) is 15.1. The Morgan fingerprint density at radius 3 is 2.55 bits per heavy atom. The number of halogens is 1. The van der Waals surface area contributed by atoms with Gasteiger partial charge in [0.15, 0.2) is 0 Å². The highest BCUT2D eigenvalue weighted by atomic mass is 79.9. The number of urea groups is 1. The smallest absolute Gasteiger partial charge is 0.319 e. The molecule has 0 aliphatic carbocycles. The first-order chi connectivity index (χ1) is 9.43. The van der Waals surface area contributed by atoms with E-state index in [1.54, 1.807) is 19.0 Å². The fourth-order valence-corrected chi connectivity index (χ4v) is 2.16. The van der Waals surface area contributed by atoms with Crippen LogP contribution in [0.5, 0.6) is 0 Å². The van der Waals surface area contributed by atoms with Gasteiger partial charge in [-0.2, -0.15) is 0 Å². The Morgan fingerprint density at radius 2 is 2.00 bits per heavy atom. The van der Waals surface area contributed by atoms with Gasteiger partial charge < -0.3 is 14.5 Å². The standard InChI is InChI=1S/C14H19BrN2O3/c1-16(2)14(19)17(8-7-13(18)20-3)10-11-5-4-6-12(15)9-11/h4-6,9H,7-8,10H2,1-3H3. The SMILES string of the molecule is COC(=O)CCN(Cc1cccc(Br)c1)C(=O)N(C)C. The van der Waals surface area contributed by atoms with Gasteiger partial charge in [0.05, 0.1) is 13.5 Å². The molecule has 0 atom stereocenters. The van der Waals surface area contributed by atoms with Crippen LogP contribution in [-0.4, -0.2) is 49.6 Å². The maximum atomic E-state index is 12.1. The van der Waals surface area contributed by atoms with Crippen LogP contribution in [0.1, 0.15) is 12.0 Å². The van der Waals surface area contributed by atoms with Crippen molar-refractivity contribution in [3.8, 4) is 0 Å². The molecule has 0 N–H and O–H groups in total. The van der Waals surface area contributed by atoms with E-state index >= 15 is 0 Å². The van der Waals surface area contributed by atoms with Crippen LogP contribution in [0, 0.1) is 0 Å². The second-order valence-corrected chi connectivity index (χ2v) is 5.47. The van der Waals surface area contributed by atoms with Crippen molar-refractivity contribution in [3.05, 3.63) is 34.3 Å². The maximum Gasteiger partial charge on any atom is 0.319 e. The van der Waals surface area contributed by atoms with Crippen molar-refractivity contribution >= 4 is 27.9 Å². The minimum absolute atomic E-state index is 0.131. The van der Waals surface area contributed by atoms with Crippen LogP contribution in [0.4, 0.5) is 4.79 Å². The van der Waals surface area contributed by atoms with Crippen molar-refractivity contribution in [1.29, 1.82) is 0 Å². The molecule has 20 heavy (non-hydrogen) atoms. The fourth-order valence-electron chi connectivity index (χ4n) is 1.71. The average Bonchev–Trinajstić information content (AvgIpc) is 2.42. The molecule has 1 aromatic carbocycles. The Balaban J connectivity index is 2.76. The third-order valence-electron chi connectivity index (χ3n) is 2.73. The number of esters is 1. The van der Waals surface area contributed by atoms with Crippen LogP contribution in [0.15, 0.2) is 28.7 Å². The molecule has 6 heteroatoms. The molecule has 2 amide bonds. The van der Waals surface area contributed by atoms with Gasteiger partial charge in [0, 0.05) is 31.7 Å². The summed E-state index contributed by atoms with van der Waals surface area (Å²) in [5, 5.41) is 0. The Hall–Kier alpha value is -1.56. The molecule has 110 valence electrons. The third kappa shape index (κ3) is 5.21. The van der Waals surface area contributed by atoms with Gasteiger partial charge in [-0.1, -0.05) is 28.1 Å². The fraction of sp³-hybridized carbons (Fsp3) is 0.429. The van der Waals surface area contributed by atoms with E-state index in [0.717, 1.165) is 10.0 Å². The van der Waals surface area contributed by atoms with Gasteiger partial charge in [0.2, 0.25) is 0 Å². The Morgan fingerprint density at radius 1 is 1.30 bits per heavy atom. The van der Waals surface area contributed by atoms with Crippen LogP contribution >= 0.6 is 15.9 Å². The maximum absolute atomic E-state index is 12.1. The molecule has 0 fully saturated rings. The lowest BCUT2D eigenvalue weighted by Crippen LogP contribution is -2.40. The number of carbonyl (C=O) groups excluding carboxylic acids is 2. The third-order valence-corrected chi connectivity index (χ3v) is 3.22. The molecule has 0 aromatic heterocycles. The molecule has 0 aliphatic rings. The molecule has 1 aromatic rings. The first-order valence-corrected chi connectivity index (χ1v) is 7.01. The summed E-state index contributed by atoms with van der Waals surface area (Å²) in [5.41, 5.74) is 0.999. The minimum Gasteiger partial charge on any atom is -0.469 e. The Bertz CT molecular complexity index is 477. The normalized spacial score (nSPS) is 10.0. The molecule has 0 bridgehead atoms. The molecule has 5 nitrogen and oxygen atoms in total. The zero-order valence-electron chi connectivity index (χ0n) is 11.9. The molecule has 0 radical (unpaired) electrons. The first kappa shape index (κ1) is 16.5. The van der Waals surface area contributed by atoms with Crippen molar-refractivity contribution in [2.45, 2.75) is 13.0 Å². The molecule has 1 rings (SSSR count). The molecule has 0 saturated carbocycles. The number of ether oxygens (including phenoxy) is 1. The Kier molecular flexibility index (Phi) is 6.51. The minimum atomic E-state index is -0.323. The largest absolute Gasteiger partial charge is 0.469 e. The summed E-state index contributed by atoms with van der Waals surface area (Å²) >= 11 is 3.40. The highest BCUT2D eigenvalue weighted by Gasteiger charge is 2.17. The van der Waals surface area contributed by atoms with E-state index in [9.17, 15) is 9.59 Å². The van der Waals surface area contributed by atoms with Crippen LogP contribution in [0.25, 0.3) is 0 Å². The van der Waals surface area contributed by atoms with Crippen LogP contribution < -0.4 is 0 Å². The highest BCUT2D eigenvalue weighted by molar-refractivity contribution is 9.10. The summed E-state index contributed by atoms with van der Waals surface area (Å²) in [6.07, 6.45) is 0.185. The summed E-state index contributed by atoms with van der Waals surface area (Å²) in [6.45, 7) is 0.781. The number of rotatable bonds is 5. The molecule has 0 saturated heterocycles. The summed E-state index contributed by atoms with van der Waals surface area (Å²) in [7, 11) is 4.72. The lowest BCUT2D eigenvalue weighted by atomic mass is 10.2. The zero-order valence-corrected chi connectivity index (χ0v) is 13.5. The summed E-state index contributed by atoms with van der Waals surface area (Å²) < 4.78 is 5.57. The van der Waals surface area contributed by atoms with Gasteiger partial charge in [-0.05, 0) is 17.7 Å². The van der Waals surface area contributed by atoms with Gasteiger partial charge >= 0.3 is 12.0 Å². The molecule has 0 unspecified atom stereocenters. The first-order valence-electron chi connectivity index (χ1n) is 6.21. The number of benzene rings is 1. The number of amides is 2. The summed E-state index contributed by atoms with van der Waals surface area (Å²) in [5.74, 6) is -0.323. The molecular formula is C14H19BrN2O3. The second kappa shape index (κ2) is 7.89. The van der Waals surface area contributed by atoms with Crippen molar-refractivity contribution in [3.63, 3.8) is 0 Å². The number of nitrogens with zero attached hydrogens (tertiary/aromatic N) is 2. The van der Waals surface area contributed by atoms with Crippen molar-refractivity contribution in [1.82, 2.24) is 9.80 Å². The van der Waals surface area contributed by atoms with Crippen molar-refractivity contribution in [2.24, 2.45) is 0 Å². The van der Waals surface area contributed by atoms with Gasteiger partial charge in [-0.25, -0.2) is 4.79 Å². The van der Waals surface area contributed by atoms with Crippen molar-refractivity contribution < 1.29 is 14.3 Å². The van der Waals surface area contributed by atoms with E-state index in [1.807, 2.05) is 24.3 Å². The molecular weight excluding hydrogens is 324 g/mol. The van der Waals surface area contributed by atoms with E-state index in [-0.39, 0.29) is 18.4 Å². The van der Waals surface area contributed by atoms with Crippen LogP contribution in [-0.2, 0) is 16.1 Å². The van der Waals surface area contributed by atoms with E-state index in [0.29, 0.717) is 13.1 Å². The van der Waals surface area contributed by atoms with Gasteiger partial charge in [-0.3, -0.25) is 4.79 Å². The summed E-state index contributed by atoms with van der Waals surface area (Å²) in [4.78, 5) is 26.5. The van der Waals surface area contributed by atoms with Gasteiger partial charge in [0.25, 0.3) is 0 Å². The molecule has 0 aliphatic heterocycles. The lowest BCUT2D eigenvalue weighted by Gasteiger charge is -2.26. The predicted molar refractivity (Wildman–Crippen MR) is 80.3 cm³/mol. The van der Waals surface area contributed by atoms with Crippen molar-refractivity contribution in [2.75, 3.05) is 27.7 Å². The van der Waals surface area contributed by atoms with Crippen LogP contribution in [0.2, 0.25) is 0 Å². The number of methoxy groups -OCH3 is 1. The molecule has 0 heterocycles. The van der Waals surface area contributed by atoms with E-state index in [1.165, 1.54) is 12.0 Å². The molecule has 0 spiro atoms. The van der Waals surface area contributed by atoms with Crippen LogP contribution in [0.3, 0.4) is 0 Å². The quantitative estimate of drug-likeness (QED) is 0.772. The van der Waals surface area contributed by atoms with E-state index in [2.05, 4.69) is 20.7 Å². The average molecular weight is 343 g/mol. The number of carbonyl (C=O) groups is 2.